The van der Waals surface area contributed by atoms with Crippen molar-refractivity contribution in [2.24, 2.45) is 0 Å². The highest BCUT2D eigenvalue weighted by molar-refractivity contribution is 14.1. The highest BCUT2D eigenvalue weighted by atomic mass is 127. The van der Waals surface area contributed by atoms with Gasteiger partial charge >= 0.3 is 0 Å². The van der Waals surface area contributed by atoms with E-state index < -0.39 is 6.10 Å². The van der Waals surface area contributed by atoms with E-state index in [1.54, 1.807) is 6.07 Å². The van der Waals surface area contributed by atoms with E-state index in [4.69, 9.17) is 0 Å². The molecule has 3 heteroatoms. The molecule has 1 aliphatic rings. The summed E-state index contributed by atoms with van der Waals surface area (Å²) in [5.41, 5.74) is 4.81. The Kier molecular flexibility index (Phi) is 4.08. The smallest absolute Gasteiger partial charge is 0.124 e. The lowest BCUT2D eigenvalue weighted by Crippen LogP contribution is -2.04. The first-order chi connectivity index (χ1) is 9.63. The molecule has 0 bridgehead atoms. The molecule has 3 rings (SSSR count). The first-order valence-electron chi connectivity index (χ1n) is 6.87. The van der Waals surface area contributed by atoms with Crippen molar-refractivity contribution in [3.63, 3.8) is 0 Å². The van der Waals surface area contributed by atoms with Crippen molar-refractivity contribution in [2.45, 2.75) is 31.8 Å². The van der Waals surface area contributed by atoms with E-state index in [9.17, 15) is 9.50 Å². The molecule has 0 saturated heterocycles. The van der Waals surface area contributed by atoms with Crippen LogP contribution in [-0.4, -0.2) is 5.11 Å². The first-order valence-corrected chi connectivity index (χ1v) is 7.95. The summed E-state index contributed by atoms with van der Waals surface area (Å²) in [6.45, 7) is 0. The van der Waals surface area contributed by atoms with Gasteiger partial charge in [0.05, 0.1) is 6.10 Å². The van der Waals surface area contributed by atoms with Crippen LogP contribution < -0.4 is 0 Å². The second kappa shape index (κ2) is 5.82. The van der Waals surface area contributed by atoms with Gasteiger partial charge in [-0.3, -0.25) is 0 Å². The zero-order chi connectivity index (χ0) is 14.1. The molecule has 1 nitrogen and oxygen atoms in total. The normalized spacial score (nSPS) is 15.2. The summed E-state index contributed by atoms with van der Waals surface area (Å²) in [6, 6.07) is 11.0. The topological polar surface area (TPSA) is 20.2 Å². The van der Waals surface area contributed by atoms with Gasteiger partial charge in [0.25, 0.3) is 0 Å². The number of benzene rings is 2. The van der Waals surface area contributed by atoms with Gasteiger partial charge in [-0.2, -0.15) is 0 Å². The van der Waals surface area contributed by atoms with Crippen molar-refractivity contribution in [3.05, 3.63) is 68.0 Å². The van der Waals surface area contributed by atoms with Crippen LogP contribution in [0.2, 0.25) is 0 Å². The van der Waals surface area contributed by atoms with Crippen molar-refractivity contribution in [3.8, 4) is 0 Å². The van der Waals surface area contributed by atoms with Gasteiger partial charge in [-0.25, -0.2) is 4.39 Å². The van der Waals surface area contributed by atoms with Crippen LogP contribution >= 0.6 is 22.6 Å². The standard InChI is InChI=1S/C17H16FIO/c18-14-6-7-15(16(19)10-14)17(20)9-11-4-5-12-2-1-3-13(12)8-11/h4-8,10,17,20H,1-3,9H2. The van der Waals surface area contributed by atoms with E-state index in [1.165, 1.54) is 36.1 Å². The number of halogens is 2. The number of hydrogen-bond donors (Lipinski definition) is 1. The predicted octanol–water partition coefficient (Wildman–Crippen LogP) is 4.20. The van der Waals surface area contributed by atoms with Crippen LogP contribution in [0.4, 0.5) is 4.39 Å². The van der Waals surface area contributed by atoms with E-state index in [1.807, 2.05) is 0 Å². The number of fused-ring (bicyclic) bond motifs is 1. The van der Waals surface area contributed by atoms with E-state index in [2.05, 4.69) is 40.8 Å². The van der Waals surface area contributed by atoms with Crippen molar-refractivity contribution < 1.29 is 9.50 Å². The van der Waals surface area contributed by atoms with Crippen LogP contribution in [0.5, 0.6) is 0 Å². The number of aliphatic hydroxyl groups excluding tert-OH is 1. The van der Waals surface area contributed by atoms with Gasteiger partial charge < -0.3 is 5.11 Å². The average Bonchev–Trinajstić information content (AvgIpc) is 2.85. The summed E-state index contributed by atoms with van der Waals surface area (Å²) in [7, 11) is 0. The number of aliphatic hydroxyl groups is 1. The lowest BCUT2D eigenvalue weighted by atomic mass is 9.98. The molecule has 0 saturated carbocycles. The minimum Gasteiger partial charge on any atom is -0.388 e. The Bertz CT molecular complexity index is 639. The maximum atomic E-state index is 13.1. The Morgan fingerprint density at radius 1 is 1.10 bits per heavy atom. The minimum absolute atomic E-state index is 0.261. The molecule has 0 spiro atoms. The number of hydrogen-bond acceptors (Lipinski definition) is 1. The van der Waals surface area contributed by atoms with Crippen molar-refractivity contribution in [2.75, 3.05) is 0 Å². The maximum absolute atomic E-state index is 13.1. The van der Waals surface area contributed by atoms with E-state index in [-0.39, 0.29) is 5.82 Å². The molecular weight excluding hydrogens is 366 g/mol. The molecule has 20 heavy (non-hydrogen) atoms. The molecule has 1 atom stereocenters. The Labute approximate surface area is 132 Å². The predicted molar refractivity (Wildman–Crippen MR) is 86.2 cm³/mol. The third-order valence-corrected chi connectivity index (χ3v) is 4.85. The molecule has 2 aromatic carbocycles. The van der Waals surface area contributed by atoms with Crippen LogP contribution in [0.1, 0.15) is 34.8 Å². The molecule has 104 valence electrons. The molecule has 0 amide bonds. The molecule has 0 aromatic heterocycles. The van der Waals surface area contributed by atoms with Crippen molar-refractivity contribution in [1.29, 1.82) is 0 Å². The van der Waals surface area contributed by atoms with Gasteiger partial charge in [0.2, 0.25) is 0 Å². The van der Waals surface area contributed by atoms with E-state index in [0.717, 1.165) is 21.1 Å². The van der Waals surface area contributed by atoms with Crippen LogP contribution in [0.3, 0.4) is 0 Å². The summed E-state index contributed by atoms with van der Waals surface area (Å²) in [6.07, 6.45) is 3.55. The van der Waals surface area contributed by atoms with Crippen molar-refractivity contribution >= 4 is 22.6 Å². The molecular formula is C17H16FIO. The van der Waals surface area contributed by atoms with Gasteiger partial charge in [-0.05, 0) is 76.2 Å². The summed E-state index contributed by atoms with van der Waals surface area (Å²) >= 11 is 2.07. The molecule has 1 N–H and O–H groups in total. The lowest BCUT2D eigenvalue weighted by molar-refractivity contribution is 0.177. The zero-order valence-corrected chi connectivity index (χ0v) is 13.2. The fourth-order valence-corrected chi connectivity index (χ4v) is 3.69. The summed E-state index contributed by atoms with van der Waals surface area (Å²) in [4.78, 5) is 0. The Balaban J connectivity index is 1.80. The largest absolute Gasteiger partial charge is 0.388 e. The lowest BCUT2D eigenvalue weighted by Gasteiger charge is -2.14. The molecule has 0 radical (unpaired) electrons. The van der Waals surface area contributed by atoms with Crippen LogP contribution in [0, 0.1) is 9.39 Å². The van der Waals surface area contributed by atoms with Gasteiger partial charge in [0.1, 0.15) is 5.82 Å². The Hall–Kier alpha value is -0.940. The average molecular weight is 382 g/mol. The van der Waals surface area contributed by atoms with Crippen LogP contribution in [0.25, 0.3) is 0 Å². The SMILES string of the molecule is OC(Cc1ccc2c(c1)CCC2)c1ccc(F)cc1I. The third kappa shape index (κ3) is 2.88. The quantitative estimate of drug-likeness (QED) is 0.790. The third-order valence-electron chi connectivity index (χ3n) is 3.91. The van der Waals surface area contributed by atoms with Gasteiger partial charge in [0.15, 0.2) is 0 Å². The summed E-state index contributed by atoms with van der Waals surface area (Å²) < 4.78 is 13.9. The monoisotopic (exact) mass is 382 g/mol. The molecule has 0 fully saturated rings. The highest BCUT2D eigenvalue weighted by Crippen LogP contribution is 2.27. The van der Waals surface area contributed by atoms with Gasteiger partial charge in [-0.1, -0.05) is 24.3 Å². The second-order valence-corrected chi connectivity index (χ2v) is 6.50. The molecule has 1 unspecified atom stereocenters. The van der Waals surface area contributed by atoms with Crippen LogP contribution in [0.15, 0.2) is 36.4 Å². The minimum atomic E-state index is -0.582. The van der Waals surface area contributed by atoms with E-state index >= 15 is 0 Å². The Morgan fingerprint density at radius 3 is 2.70 bits per heavy atom. The molecule has 0 heterocycles. The Morgan fingerprint density at radius 2 is 1.90 bits per heavy atom. The summed E-state index contributed by atoms with van der Waals surface area (Å²) in [5.74, 6) is -0.261. The second-order valence-electron chi connectivity index (χ2n) is 5.34. The fraction of sp³-hybridized carbons (Fsp3) is 0.294. The fourth-order valence-electron chi connectivity index (χ4n) is 2.86. The number of aryl methyl sites for hydroxylation is 2. The molecule has 1 aliphatic carbocycles. The zero-order valence-electron chi connectivity index (χ0n) is 11.1. The molecule has 0 aliphatic heterocycles. The van der Waals surface area contributed by atoms with Crippen LogP contribution in [-0.2, 0) is 19.3 Å². The molecule has 2 aromatic rings. The van der Waals surface area contributed by atoms with Crippen molar-refractivity contribution in [1.82, 2.24) is 0 Å². The first kappa shape index (κ1) is 14.0. The highest BCUT2D eigenvalue weighted by Gasteiger charge is 2.15. The summed E-state index contributed by atoms with van der Waals surface area (Å²) in [5, 5.41) is 10.4. The van der Waals surface area contributed by atoms with E-state index in [0.29, 0.717) is 6.42 Å². The van der Waals surface area contributed by atoms with Gasteiger partial charge in [-0.15, -0.1) is 0 Å². The maximum Gasteiger partial charge on any atom is 0.124 e. The number of rotatable bonds is 3. The van der Waals surface area contributed by atoms with Gasteiger partial charge in [0, 0.05) is 9.99 Å².